The second-order valence-electron chi connectivity index (χ2n) is 11.3. The number of nitrogens with one attached hydrogen (secondary N) is 1. The van der Waals surface area contributed by atoms with Gasteiger partial charge >= 0.3 is 12.1 Å². The van der Waals surface area contributed by atoms with E-state index in [2.05, 4.69) is 10.3 Å². The van der Waals surface area contributed by atoms with Gasteiger partial charge in [-0.15, -0.1) is 0 Å². The van der Waals surface area contributed by atoms with E-state index in [0.717, 1.165) is 18.4 Å². The summed E-state index contributed by atoms with van der Waals surface area (Å²) >= 11 is 0. The van der Waals surface area contributed by atoms with E-state index in [-0.39, 0.29) is 75.7 Å². The van der Waals surface area contributed by atoms with Crippen molar-refractivity contribution < 1.29 is 43.3 Å². The van der Waals surface area contributed by atoms with Crippen LogP contribution in [0.3, 0.4) is 0 Å². The first-order chi connectivity index (χ1) is 22.1. The van der Waals surface area contributed by atoms with Crippen LogP contribution in [0.4, 0.5) is 4.79 Å². The van der Waals surface area contributed by atoms with Gasteiger partial charge in [-0.25, -0.2) is 9.78 Å². The summed E-state index contributed by atoms with van der Waals surface area (Å²) < 4.78 is 16.7. The number of rotatable bonds is 12. The number of amides is 4. The molecule has 2 fully saturated rings. The van der Waals surface area contributed by atoms with E-state index in [4.69, 9.17) is 14.2 Å². The van der Waals surface area contributed by atoms with Gasteiger partial charge in [0.05, 0.1) is 18.2 Å². The molecule has 1 atom stereocenters. The van der Waals surface area contributed by atoms with Gasteiger partial charge in [-0.2, -0.15) is 0 Å². The van der Waals surface area contributed by atoms with E-state index in [0.29, 0.717) is 30.6 Å². The molecule has 2 N–H and O–H groups in total. The third kappa shape index (κ3) is 9.05. The highest BCUT2D eigenvalue weighted by Crippen LogP contribution is 2.27. The minimum Gasteiger partial charge on any atom is -0.483 e. The summed E-state index contributed by atoms with van der Waals surface area (Å²) in [6.45, 7) is 8.24. The van der Waals surface area contributed by atoms with Crippen molar-refractivity contribution in [3.63, 3.8) is 0 Å². The third-order valence-corrected chi connectivity index (χ3v) is 8.08. The minimum atomic E-state index is -1.14. The average molecular weight is 642 g/mol. The SMILES string of the molecule is CCOC(=O)N1CCN(C(=O)[C@H](CCC(=O)O)NC(=O)c2cc(OCC(=O)N3CCC(OCC)CC3)c3ccc(C)cc3n2)CC1. The molecule has 1 aromatic carbocycles. The van der Waals surface area contributed by atoms with E-state index < -0.39 is 29.9 Å². The Hall–Kier alpha value is -4.46. The van der Waals surface area contributed by atoms with Gasteiger partial charge in [0.25, 0.3) is 11.8 Å². The molecule has 4 rings (SSSR count). The van der Waals surface area contributed by atoms with Crippen molar-refractivity contribution in [3.05, 3.63) is 35.5 Å². The van der Waals surface area contributed by atoms with E-state index >= 15 is 0 Å². The molecule has 4 amide bonds. The van der Waals surface area contributed by atoms with Gasteiger partial charge in [0.1, 0.15) is 17.5 Å². The molecular weight excluding hydrogens is 598 g/mol. The minimum absolute atomic E-state index is 0.0432. The standard InChI is InChI=1S/C32H43N5O9/c1-4-44-22-10-12-35(13-11-22)28(38)20-46-27-19-26(33-25-18-21(3)6-7-23(25)27)30(41)34-24(8-9-29(39)40)31(42)36-14-16-37(17-15-36)32(43)45-5-2/h6-7,18-19,22,24H,4-5,8-17,20H2,1-3H3,(H,34,41)(H,39,40)/t24-/m0/s1. The lowest BCUT2D eigenvalue weighted by atomic mass is 10.1. The smallest absolute Gasteiger partial charge is 0.409 e. The molecule has 250 valence electrons. The fourth-order valence-corrected chi connectivity index (χ4v) is 5.58. The maximum Gasteiger partial charge on any atom is 0.409 e. The van der Waals surface area contributed by atoms with Crippen LogP contribution < -0.4 is 10.1 Å². The molecule has 0 spiro atoms. The summed E-state index contributed by atoms with van der Waals surface area (Å²) in [6.07, 6.45) is 0.705. The molecule has 14 nitrogen and oxygen atoms in total. The lowest BCUT2D eigenvalue weighted by molar-refractivity contribution is -0.138. The van der Waals surface area contributed by atoms with E-state index in [1.54, 1.807) is 17.9 Å². The van der Waals surface area contributed by atoms with Crippen molar-refractivity contribution in [2.45, 2.75) is 58.6 Å². The maximum atomic E-state index is 13.5. The van der Waals surface area contributed by atoms with Crippen molar-refractivity contribution in [2.75, 3.05) is 59.1 Å². The Morgan fingerprint density at radius 2 is 1.65 bits per heavy atom. The number of benzene rings is 1. The second kappa shape index (κ2) is 16.2. The van der Waals surface area contributed by atoms with Crippen LogP contribution in [0.15, 0.2) is 24.3 Å². The highest BCUT2D eigenvalue weighted by molar-refractivity contribution is 5.99. The molecule has 0 saturated carbocycles. The van der Waals surface area contributed by atoms with Crippen molar-refractivity contribution in [1.82, 2.24) is 25.0 Å². The molecule has 3 heterocycles. The maximum absolute atomic E-state index is 13.5. The number of aryl methyl sites for hydroxylation is 1. The first kappa shape index (κ1) is 34.4. The van der Waals surface area contributed by atoms with Crippen LogP contribution in [0.25, 0.3) is 10.9 Å². The number of piperidine rings is 1. The van der Waals surface area contributed by atoms with Crippen molar-refractivity contribution in [1.29, 1.82) is 0 Å². The first-order valence-electron chi connectivity index (χ1n) is 15.8. The Morgan fingerprint density at radius 1 is 0.957 bits per heavy atom. The topological polar surface area (TPSA) is 168 Å². The number of aliphatic carboxylic acids is 1. The Labute approximate surface area is 267 Å². The fourth-order valence-electron chi connectivity index (χ4n) is 5.58. The number of piperazine rings is 1. The Bertz CT molecular complexity index is 1420. The van der Waals surface area contributed by atoms with Crippen LogP contribution in [0.1, 0.15) is 55.6 Å². The predicted octanol–water partition coefficient (Wildman–Crippen LogP) is 2.21. The number of fused-ring (bicyclic) bond motifs is 1. The summed E-state index contributed by atoms with van der Waals surface area (Å²) in [4.78, 5) is 72.7. The largest absolute Gasteiger partial charge is 0.483 e. The number of likely N-dealkylation sites (tertiary alicyclic amines) is 1. The predicted molar refractivity (Wildman–Crippen MR) is 167 cm³/mol. The molecule has 46 heavy (non-hydrogen) atoms. The summed E-state index contributed by atoms with van der Waals surface area (Å²) in [6, 6.07) is 5.76. The molecule has 0 aliphatic carbocycles. The number of carbonyl (C=O) groups is 5. The Balaban J connectivity index is 1.48. The fraction of sp³-hybridized carbons (Fsp3) is 0.562. The van der Waals surface area contributed by atoms with Crippen LogP contribution in [0.5, 0.6) is 5.75 Å². The zero-order chi connectivity index (χ0) is 33.2. The van der Waals surface area contributed by atoms with Gasteiger partial charge in [-0.3, -0.25) is 19.2 Å². The molecule has 0 radical (unpaired) electrons. The average Bonchev–Trinajstić information content (AvgIpc) is 3.05. The number of carboxylic acids is 1. The summed E-state index contributed by atoms with van der Waals surface area (Å²) in [7, 11) is 0. The molecule has 2 aromatic rings. The molecular formula is C32H43N5O9. The Kier molecular flexibility index (Phi) is 12.1. The highest BCUT2D eigenvalue weighted by atomic mass is 16.6. The number of aromatic nitrogens is 1. The lowest BCUT2D eigenvalue weighted by Gasteiger charge is -2.35. The number of pyridine rings is 1. The first-order valence-corrected chi connectivity index (χ1v) is 15.8. The number of ether oxygens (including phenoxy) is 3. The molecule has 2 aliphatic rings. The van der Waals surface area contributed by atoms with Crippen LogP contribution in [0, 0.1) is 6.92 Å². The molecule has 0 unspecified atom stereocenters. The Morgan fingerprint density at radius 3 is 2.30 bits per heavy atom. The number of nitrogens with zero attached hydrogens (tertiary/aromatic N) is 4. The molecule has 1 aromatic heterocycles. The van der Waals surface area contributed by atoms with Crippen LogP contribution >= 0.6 is 0 Å². The molecule has 2 aliphatic heterocycles. The van der Waals surface area contributed by atoms with Crippen LogP contribution in [-0.2, 0) is 23.9 Å². The van der Waals surface area contributed by atoms with Gasteiger partial charge in [-0.1, -0.05) is 6.07 Å². The number of hydrogen-bond donors (Lipinski definition) is 2. The van der Waals surface area contributed by atoms with Crippen molar-refractivity contribution >= 4 is 40.7 Å². The van der Waals surface area contributed by atoms with Gasteiger partial charge in [0.15, 0.2) is 6.61 Å². The zero-order valence-corrected chi connectivity index (χ0v) is 26.7. The molecule has 2 saturated heterocycles. The quantitative estimate of drug-likeness (QED) is 0.351. The summed E-state index contributed by atoms with van der Waals surface area (Å²) in [5, 5.41) is 12.6. The zero-order valence-electron chi connectivity index (χ0n) is 26.7. The highest BCUT2D eigenvalue weighted by Gasteiger charge is 2.31. The van der Waals surface area contributed by atoms with Crippen molar-refractivity contribution in [2.24, 2.45) is 0 Å². The van der Waals surface area contributed by atoms with E-state index in [1.165, 1.54) is 15.9 Å². The second-order valence-corrected chi connectivity index (χ2v) is 11.3. The van der Waals surface area contributed by atoms with Crippen LogP contribution in [-0.4, -0.2) is 126 Å². The molecule has 0 bridgehead atoms. The van der Waals surface area contributed by atoms with Gasteiger partial charge in [0.2, 0.25) is 5.91 Å². The molecule has 14 heteroatoms. The van der Waals surface area contributed by atoms with Crippen molar-refractivity contribution in [3.8, 4) is 5.75 Å². The number of carbonyl (C=O) groups excluding carboxylic acids is 4. The third-order valence-electron chi connectivity index (χ3n) is 8.08. The van der Waals surface area contributed by atoms with Gasteiger partial charge < -0.3 is 39.3 Å². The van der Waals surface area contributed by atoms with Gasteiger partial charge in [0, 0.05) is 63.7 Å². The van der Waals surface area contributed by atoms with Gasteiger partial charge in [-0.05, 0) is 57.7 Å². The number of carboxylic acid groups (broad SMARTS) is 1. The number of hydrogen-bond acceptors (Lipinski definition) is 9. The monoisotopic (exact) mass is 641 g/mol. The lowest BCUT2D eigenvalue weighted by Crippen LogP contribution is -2.56. The van der Waals surface area contributed by atoms with Crippen LogP contribution in [0.2, 0.25) is 0 Å². The summed E-state index contributed by atoms with van der Waals surface area (Å²) in [5.41, 5.74) is 1.32. The van der Waals surface area contributed by atoms with E-state index in [1.807, 2.05) is 26.0 Å². The summed E-state index contributed by atoms with van der Waals surface area (Å²) in [5.74, 6) is -2.14. The van der Waals surface area contributed by atoms with E-state index in [9.17, 15) is 29.1 Å². The normalized spacial score (nSPS) is 16.2.